The Hall–Kier alpha value is -1.82. The van der Waals surface area contributed by atoms with Gasteiger partial charge in [-0.3, -0.25) is 9.36 Å². The molecular weight excluding hydrogens is 358 g/mol. The van der Waals surface area contributed by atoms with E-state index in [9.17, 15) is 4.79 Å². The summed E-state index contributed by atoms with van der Waals surface area (Å²) in [5, 5.41) is 9.07. The fourth-order valence-electron chi connectivity index (χ4n) is 6.05. The van der Waals surface area contributed by atoms with Crippen LogP contribution >= 0.6 is 11.8 Å². The molecule has 0 N–H and O–H groups in total. The highest BCUT2D eigenvalue weighted by molar-refractivity contribution is 7.99. The third kappa shape index (κ3) is 2.98. The zero-order valence-corrected chi connectivity index (χ0v) is 16.5. The Kier molecular flexibility index (Phi) is 4.26. The first-order valence-corrected chi connectivity index (χ1v) is 10.8. The molecule has 4 aliphatic rings. The van der Waals surface area contributed by atoms with Gasteiger partial charge in [0.2, 0.25) is 0 Å². The van der Waals surface area contributed by atoms with Crippen molar-refractivity contribution in [3.05, 3.63) is 30.6 Å². The number of rotatable bonds is 6. The number of methoxy groups -OCH3 is 1. The summed E-state index contributed by atoms with van der Waals surface area (Å²) < 4.78 is 7.37. The molecule has 6 rings (SSSR count). The van der Waals surface area contributed by atoms with Crippen molar-refractivity contribution in [1.29, 1.82) is 0 Å². The van der Waals surface area contributed by atoms with Crippen molar-refractivity contribution in [2.45, 2.75) is 43.7 Å². The minimum Gasteiger partial charge on any atom is -0.495 e. The number of Topliss-reactive ketones (excluding diaryl/α,β-unsaturated/α-hetero) is 1. The molecule has 0 radical (unpaired) electrons. The molecule has 0 saturated heterocycles. The van der Waals surface area contributed by atoms with Gasteiger partial charge in [-0.05, 0) is 68.4 Å². The molecule has 0 aliphatic heterocycles. The maximum absolute atomic E-state index is 13.3. The van der Waals surface area contributed by atoms with E-state index in [0.29, 0.717) is 11.5 Å². The summed E-state index contributed by atoms with van der Waals surface area (Å²) in [4.78, 5) is 13.3. The topological polar surface area (TPSA) is 57.0 Å². The minimum atomic E-state index is -0.0446. The van der Waals surface area contributed by atoms with E-state index in [2.05, 4.69) is 10.2 Å². The lowest BCUT2D eigenvalue weighted by Crippen LogP contribution is -2.50. The van der Waals surface area contributed by atoms with E-state index in [0.717, 1.165) is 53.6 Å². The molecule has 2 aromatic rings. The summed E-state index contributed by atoms with van der Waals surface area (Å²) in [5.41, 5.74) is 0.853. The molecule has 4 fully saturated rings. The molecule has 5 nitrogen and oxygen atoms in total. The fraction of sp³-hybridized carbons (Fsp3) is 0.571. The van der Waals surface area contributed by atoms with Gasteiger partial charge >= 0.3 is 0 Å². The van der Waals surface area contributed by atoms with E-state index in [-0.39, 0.29) is 5.41 Å². The van der Waals surface area contributed by atoms with Gasteiger partial charge in [0.1, 0.15) is 17.9 Å². The van der Waals surface area contributed by atoms with E-state index >= 15 is 0 Å². The van der Waals surface area contributed by atoms with Gasteiger partial charge in [0.15, 0.2) is 5.16 Å². The third-order valence-corrected chi connectivity index (χ3v) is 7.77. The number of benzene rings is 1. The number of aromatic nitrogens is 3. The maximum atomic E-state index is 13.3. The second-order valence-electron chi connectivity index (χ2n) is 8.57. The predicted molar refractivity (Wildman–Crippen MR) is 104 cm³/mol. The number of carbonyl (C=O) groups excluding carboxylic acids is 1. The van der Waals surface area contributed by atoms with Gasteiger partial charge in [-0.1, -0.05) is 23.9 Å². The van der Waals surface area contributed by atoms with Crippen LogP contribution in [0.1, 0.15) is 38.5 Å². The highest BCUT2D eigenvalue weighted by Crippen LogP contribution is 2.60. The summed E-state index contributed by atoms with van der Waals surface area (Å²) >= 11 is 1.51. The van der Waals surface area contributed by atoms with Crippen LogP contribution in [0.5, 0.6) is 5.75 Å². The molecule has 0 amide bonds. The number of para-hydroxylation sites is 2. The second-order valence-corrected chi connectivity index (χ2v) is 9.51. The Labute approximate surface area is 163 Å². The van der Waals surface area contributed by atoms with Crippen molar-refractivity contribution in [2.75, 3.05) is 12.9 Å². The lowest BCUT2D eigenvalue weighted by molar-refractivity contribution is -0.141. The van der Waals surface area contributed by atoms with Crippen LogP contribution in [0.2, 0.25) is 0 Å². The van der Waals surface area contributed by atoms with Crippen molar-refractivity contribution in [3.63, 3.8) is 0 Å². The number of ether oxygens (including phenoxy) is 1. The number of thioether (sulfide) groups is 1. The van der Waals surface area contributed by atoms with E-state index in [4.69, 9.17) is 4.74 Å². The third-order valence-electron chi connectivity index (χ3n) is 6.82. The molecule has 4 aliphatic carbocycles. The molecule has 0 spiro atoms. The van der Waals surface area contributed by atoms with Crippen LogP contribution in [0.25, 0.3) is 5.69 Å². The Morgan fingerprint density at radius 2 is 1.85 bits per heavy atom. The number of carbonyl (C=O) groups is 1. The van der Waals surface area contributed by atoms with Crippen LogP contribution in [0.3, 0.4) is 0 Å². The van der Waals surface area contributed by atoms with Crippen LogP contribution in [0, 0.1) is 23.2 Å². The maximum Gasteiger partial charge on any atom is 0.196 e. The molecule has 1 aromatic carbocycles. The summed E-state index contributed by atoms with van der Waals surface area (Å²) in [6.07, 6.45) is 9.15. The number of ketones is 1. The van der Waals surface area contributed by atoms with Gasteiger partial charge in [-0.25, -0.2) is 0 Å². The monoisotopic (exact) mass is 383 g/mol. The Morgan fingerprint density at radius 1 is 1.19 bits per heavy atom. The van der Waals surface area contributed by atoms with Crippen LogP contribution in [0.4, 0.5) is 0 Å². The number of nitrogens with zero attached hydrogens (tertiary/aromatic N) is 3. The summed E-state index contributed by atoms with van der Waals surface area (Å²) in [6, 6.07) is 7.81. The lowest BCUT2D eigenvalue weighted by atomic mass is 9.48. The lowest BCUT2D eigenvalue weighted by Gasteiger charge is -2.56. The quantitative estimate of drug-likeness (QED) is 0.701. The van der Waals surface area contributed by atoms with E-state index in [1.807, 2.05) is 28.8 Å². The average Bonchev–Trinajstić information content (AvgIpc) is 3.13. The van der Waals surface area contributed by atoms with Crippen LogP contribution in [0.15, 0.2) is 35.7 Å². The molecule has 1 heterocycles. The van der Waals surface area contributed by atoms with Gasteiger partial charge in [0.25, 0.3) is 0 Å². The fourth-order valence-corrected chi connectivity index (χ4v) is 7.01. The number of hydrogen-bond donors (Lipinski definition) is 0. The first kappa shape index (κ1) is 17.3. The highest BCUT2D eigenvalue weighted by atomic mass is 32.2. The van der Waals surface area contributed by atoms with E-state index < -0.39 is 0 Å². The van der Waals surface area contributed by atoms with Crippen LogP contribution in [-0.2, 0) is 4.79 Å². The van der Waals surface area contributed by atoms with Crippen molar-refractivity contribution in [3.8, 4) is 11.4 Å². The molecular formula is C21H25N3O2S. The molecule has 6 heteroatoms. The van der Waals surface area contributed by atoms with Gasteiger partial charge < -0.3 is 4.74 Å². The molecule has 0 unspecified atom stereocenters. The largest absolute Gasteiger partial charge is 0.495 e. The Morgan fingerprint density at radius 3 is 2.52 bits per heavy atom. The molecule has 4 saturated carbocycles. The van der Waals surface area contributed by atoms with Gasteiger partial charge in [-0.2, -0.15) is 0 Å². The van der Waals surface area contributed by atoms with E-state index in [1.54, 1.807) is 13.4 Å². The normalized spacial score (nSPS) is 31.2. The van der Waals surface area contributed by atoms with Crippen LogP contribution < -0.4 is 4.74 Å². The summed E-state index contributed by atoms with van der Waals surface area (Å²) in [5.74, 6) is 4.07. The second kappa shape index (κ2) is 6.66. The first-order chi connectivity index (χ1) is 13.2. The van der Waals surface area contributed by atoms with Gasteiger partial charge in [0.05, 0.1) is 18.6 Å². The van der Waals surface area contributed by atoms with Crippen molar-refractivity contribution in [2.24, 2.45) is 23.2 Å². The van der Waals surface area contributed by atoms with Crippen LogP contribution in [-0.4, -0.2) is 33.4 Å². The molecule has 1 aromatic heterocycles. The predicted octanol–water partition coefficient (Wildman–Crippen LogP) is 4.15. The van der Waals surface area contributed by atoms with E-state index in [1.165, 1.54) is 31.0 Å². The zero-order valence-electron chi connectivity index (χ0n) is 15.6. The van der Waals surface area contributed by atoms with Gasteiger partial charge in [0, 0.05) is 5.41 Å². The highest BCUT2D eigenvalue weighted by Gasteiger charge is 2.54. The van der Waals surface area contributed by atoms with Crippen molar-refractivity contribution >= 4 is 17.5 Å². The smallest absolute Gasteiger partial charge is 0.196 e. The Balaban J connectivity index is 1.33. The summed E-state index contributed by atoms with van der Waals surface area (Å²) in [7, 11) is 1.66. The van der Waals surface area contributed by atoms with Crippen molar-refractivity contribution < 1.29 is 9.53 Å². The SMILES string of the molecule is COc1ccccc1-n1cnnc1SCC(=O)C12CC3CC(CC(C3)C1)C2. The molecule has 0 atom stereocenters. The standard InChI is InChI=1S/C21H25N3O2S/c1-26-18-5-3-2-4-17(18)24-13-22-23-20(24)27-12-19(25)21-9-14-6-15(10-21)8-16(7-14)11-21/h2-5,13-16H,6-12H2,1H3. The minimum absolute atomic E-state index is 0.0446. The Bertz CT molecular complexity index is 827. The average molecular weight is 384 g/mol. The number of hydrogen-bond acceptors (Lipinski definition) is 5. The molecule has 142 valence electrons. The summed E-state index contributed by atoms with van der Waals surface area (Å²) in [6.45, 7) is 0. The zero-order chi connectivity index (χ0) is 18.4. The van der Waals surface area contributed by atoms with Gasteiger partial charge in [-0.15, -0.1) is 10.2 Å². The molecule has 27 heavy (non-hydrogen) atoms. The molecule has 4 bridgehead atoms. The first-order valence-electron chi connectivity index (χ1n) is 9.86. The van der Waals surface area contributed by atoms with Crippen molar-refractivity contribution in [1.82, 2.24) is 14.8 Å².